The van der Waals surface area contributed by atoms with Crippen LogP contribution >= 0.6 is 31.9 Å². The number of rotatable bonds is 6. The molecular weight excluding hydrogens is 414 g/mol. The Morgan fingerprint density at radius 1 is 1.23 bits per heavy atom. The fraction of sp³-hybridized carbons (Fsp3) is 0.500. The van der Waals surface area contributed by atoms with Gasteiger partial charge in [-0.05, 0) is 59.1 Å². The Bertz CT molecular complexity index is 625. The van der Waals surface area contributed by atoms with Crippen LogP contribution in [0.5, 0.6) is 0 Å². The molecule has 2 aromatic rings. The van der Waals surface area contributed by atoms with Crippen LogP contribution in [0.4, 0.5) is 0 Å². The van der Waals surface area contributed by atoms with Gasteiger partial charge in [-0.2, -0.15) is 10.2 Å². The number of nitrogens with zero attached hydrogens (tertiary/aromatic N) is 4. The SMILES string of the molecule is Cc1nn(CCCNC(=O)C(C)n2cc(Br)c(C)n2)cc1Br. The number of aromatic nitrogens is 4. The largest absolute Gasteiger partial charge is 0.354 e. The average molecular weight is 433 g/mol. The third-order valence-corrected chi connectivity index (χ3v) is 4.94. The first-order chi connectivity index (χ1) is 10.4. The fourth-order valence-electron chi connectivity index (χ4n) is 1.99. The highest BCUT2D eigenvalue weighted by atomic mass is 79.9. The molecule has 2 heterocycles. The van der Waals surface area contributed by atoms with Gasteiger partial charge in [0.25, 0.3) is 0 Å². The Hall–Kier alpha value is -1.15. The second-order valence-electron chi connectivity index (χ2n) is 5.19. The van der Waals surface area contributed by atoms with E-state index in [9.17, 15) is 4.79 Å². The highest BCUT2D eigenvalue weighted by Gasteiger charge is 2.16. The van der Waals surface area contributed by atoms with E-state index in [1.54, 1.807) is 4.68 Å². The van der Waals surface area contributed by atoms with Crippen LogP contribution in [0.1, 0.15) is 30.8 Å². The normalized spacial score (nSPS) is 12.4. The minimum atomic E-state index is -0.328. The average Bonchev–Trinajstić information content (AvgIpc) is 2.97. The van der Waals surface area contributed by atoms with E-state index >= 15 is 0 Å². The van der Waals surface area contributed by atoms with Crippen LogP contribution in [0, 0.1) is 13.8 Å². The monoisotopic (exact) mass is 431 g/mol. The number of carbonyl (C=O) groups is 1. The number of nitrogens with one attached hydrogen (secondary N) is 1. The van der Waals surface area contributed by atoms with E-state index in [2.05, 4.69) is 47.4 Å². The Morgan fingerprint density at radius 3 is 2.41 bits per heavy atom. The Morgan fingerprint density at radius 2 is 1.86 bits per heavy atom. The Balaban J connectivity index is 1.77. The second kappa shape index (κ2) is 7.41. The standard InChI is InChI=1S/C14H19Br2N5O/c1-9-12(15)7-20(18-9)6-4-5-17-14(22)11(3)21-8-13(16)10(2)19-21/h7-8,11H,4-6H2,1-3H3,(H,17,22). The molecule has 0 aromatic carbocycles. The summed E-state index contributed by atoms with van der Waals surface area (Å²) >= 11 is 6.84. The number of halogens is 2. The minimum absolute atomic E-state index is 0.0344. The van der Waals surface area contributed by atoms with Gasteiger partial charge >= 0.3 is 0 Å². The lowest BCUT2D eigenvalue weighted by molar-refractivity contribution is -0.124. The molecule has 0 bridgehead atoms. The summed E-state index contributed by atoms with van der Waals surface area (Å²) in [6, 6.07) is -0.328. The van der Waals surface area contributed by atoms with E-state index in [1.807, 2.05) is 37.8 Å². The molecule has 6 nitrogen and oxygen atoms in total. The van der Waals surface area contributed by atoms with Crippen molar-refractivity contribution in [3.05, 3.63) is 32.7 Å². The summed E-state index contributed by atoms with van der Waals surface area (Å²) in [7, 11) is 0. The summed E-state index contributed by atoms with van der Waals surface area (Å²) in [5.74, 6) is -0.0344. The van der Waals surface area contributed by atoms with Crippen LogP contribution in [-0.2, 0) is 11.3 Å². The summed E-state index contributed by atoms with van der Waals surface area (Å²) in [4.78, 5) is 12.1. The molecule has 1 unspecified atom stereocenters. The molecule has 8 heteroatoms. The second-order valence-corrected chi connectivity index (χ2v) is 6.90. The lowest BCUT2D eigenvalue weighted by Crippen LogP contribution is -2.32. The number of aryl methyl sites for hydroxylation is 3. The fourth-order valence-corrected chi connectivity index (χ4v) is 2.59. The third-order valence-electron chi connectivity index (χ3n) is 3.38. The number of carbonyl (C=O) groups excluding carboxylic acids is 1. The van der Waals surface area contributed by atoms with Crippen LogP contribution < -0.4 is 5.32 Å². The maximum absolute atomic E-state index is 12.1. The van der Waals surface area contributed by atoms with Gasteiger partial charge < -0.3 is 5.32 Å². The maximum Gasteiger partial charge on any atom is 0.244 e. The van der Waals surface area contributed by atoms with Gasteiger partial charge in [0.2, 0.25) is 5.91 Å². The molecule has 22 heavy (non-hydrogen) atoms. The van der Waals surface area contributed by atoms with E-state index in [4.69, 9.17) is 0 Å². The molecule has 0 saturated heterocycles. The van der Waals surface area contributed by atoms with Gasteiger partial charge in [0.05, 0.1) is 20.3 Å². The van der Waals surface area contributed by atoms with Crippen molar-refractivity contribution in [3.63, 3.8) is 0 Å². The predicted molar refractivity (Wildman–Crippen MR) is 91.7 cm³/mol. The molecule has 1 atom stereocenters. The van der Waals surface area contributed by atoms with Crippen LogP contribution in [0.2, 0.25) is 0 Å². The minimum Gasteiger partial charge on any atom is -0.354 e. The summed E-state index contributed by atoms with van der Waals surface area (Å²) in [5.41, 5.74) is 1.84. The van der Waals surface area contributed by atoms with Crippen molar-refractivity contribution in [2.24, 2.45) is 0 Å². The van der Waals surface area contributed by atoms with Gasteiger partial charge in [0.1, 0.15) is 6.04 Å². The first-order valence-electron chi connectivity index (χ1n) is 7.07. The van der Waals surface area contributed by atoms with Crippen molar-refractivity contribution in [1.29, 1.82) is 0 Å². The zero-order valence-electron chi connectivity index (χ0n) is 12.8. The zero-order valence-corrected chi connectivity index (χ0v) is 16.0. The zero-order chi connectivity index (χ0) is 16.3. The van der Waals surface area contributed by atoms with E-state index < -0.39 is 0 Å². The molecule has 0 aliphatic carbocycles. The lowest BCUT2D eigenvalue weighted by Gasteiger charge is -2.12. The molecule has 2 rings (SSSR count). The summed E-state index contributed by atoms with van der Waals surface area (Å²) in [5, 5.41) is 11.6. The Labute approximate surface area is 146 Å². The third kappa shape index (κ3) is 4.19. The maximum atomic E-state index is 12.1. The summed E-state index contributed by atoms with van der Waals surface area (Å²) in [6.07, 6.45) is 4.60. The highest BCUT2D eigenvalue weighted by Crippen LogP contribution is 2.16. The molecule has 0 spiro atoms. The van der Waals surface area contributed by atoms with Gasteiger partial charge in [0, 0.05) is 25.5 Å². The molecule has 2 aromatic heterocycles. The van der Waals surface area contributed by atoms with Crippen LogP contribution in [0.3, 0.4) is 0 Å². The van der Waals surface area contributed by atoms with E-state index in [0.717, 1.165) is 33.3 Å². The molecule has 0 aliphatic heterocycles. The van der Waals surface area contributed by atoms with Crippen molar-refractivity contribution in [2.75, 3.05) is 6.54 Å². The smallest absolute Gasteiger partial charge is 0.244 e. The number of hydrogen-bond acceptors (Lipinski definition) is 3. The van der Waals surface area contributed by atoms with E-state index in [1.165, 1.54) is 0 Å². The van der Waals surface area contributed by atoms with E-state index in [-0.39, 0.29) is 11.9 Å². The first kappa shape index (κ1) is 17.2. The van der Waals surface area contributed by atoms with Gasteiger partial charge in [0.15, 0.2) is 0 Å². The van der Waals surface area contributed by atoms with E-state index in [0.29, 0.717) is 6.54 Å². The Kier molecular flexibility index (Phi) is 5.80. The topological polar surface area (TPSA) is 64.7 Å². The van der Waals surface area contributed by atoms with Crippen LogP contribution in [0.25, 0.3) is 0 Å². The van der Waals surface area contributed by atoms with Gasteiger partial charge in [-0.25, -0.2) is 0 Å². The molecule has 0 aliphatic rings. The van der Waals surface area contributed by atoms with Crippen LogP contribution in [-0.4, -0.2) is 32.0 Å². The van der Waals surface area contributed by atoms with Crippen molar-refractivity contribution < 1.29 is 4.79 Å². The molecule has 0 fully saturated rings. The predicted octanol–water partition coefficient (Wildman–Crippen LogP) is 2.99. The number of hydrogen-bond donors (Lipinski definition) is 1. The molecule has 0 radical (unpaired) electrons. The molecule has 1 amide bonds. The van der Waals surface area contributed by atoms with Crippen molar-refractivity contribution in [3.8, 4) is 0 Å². The summed E-state index contributed by atoms with van der Waals surface area (Å²) < 4.78 is 5.46. The lowest BCUT2D eigenvalue weighted by atomic mass is 10.3. The molecule has 1 N–H and O–H groups in total. The van der Waals surface area contributed by atoms with Crippen molar-refractivity contribution >= 4 is 37.8 Å². The van der Waals surface area contributed by atoms with Gasteiger partial charge in [-0.15, -0.1) is 0 Å². The summed E-state index contributed by atoms with van der Waals surface area (Å²) in [6.45, 7) is 7.07. The number of amides is 1. The highest BCUT2D eigenvalue weighted by molar-refractivity contribution is 9.10. The van der Waals surface area contributed by atoms with Crippen molar-refractivity contribution in [2.45, 2.75) is 39.8 Å². The van der Waals surface area contributed by atoms with Gasteiger partial charge in [-0.3, -0.25) is 14.2 Å². The van der Waals surface area contributed by atoms with Gasteiger partial charge in [-0.1, -0.05) is 0 Å². The van der Waals surface area contributed by atoms with Crippen molar-refractivity contribution in [1.82, 2.24) is 24.9 Å². The van der Waals surface area contributed by atoms with Crippen LogP contribution in [0.15, 0.2) is 21.3 Å². The molecule has 120 valence electrons. The molecular formula is C14H19Br2N5O. The molecule has 0 saturated carbocycles. The first-order valence-corrected chi connectivity index (χ1v) is 8.65. The quantitative estimate of drug-likeness (QED) is 0.713.